The molecule has 0 saturated carbocycles. The van der Waals surface area contributed by atoms with Crippen LogP contribution in [0.15, 0.2) is 18.2 Å². The fraction of sp³-hybridized carbons (Fsp3) is 0.600. The molecule has 0 radical (unpaired) electrons. The Hall–Kier alpha value is -1.33. The maximum Gasteiger partial charge on any atom is 0.292 e. The summed E-state index contributed by atoms with van der Waals surface area (Å²) >= 11 is 6.05. The number of nitrogens with one attached hydrogen (secondary N) is 1. The summed E-state index contributed by atoms with van der Waals surface area (Å²) in [6, 6.07) is 4.95. The van der Waals surface area contributed by atoms with Crippen molar-refractivity contribution in [2.24, 2.45) is 5.92 Å². The smallest absolute Gasteiger partial charge is 0.292 e. The highest BCUT2D eigenvalue weighted by atomic mass is 35.5. The third-order valence-corrected chi connectivity index (χ3v) is 4.16. The number of rotatable bonds is 5. The fourth-order valence-electron chi connectivity index (χ4n) is 2.83. The third kappa shape index (κ3) is 4.08. The fourth-order valence-corrected chi connectivity index (χ4v) is 2.99. The third-order valence-electron chi connectivity index (χ3n) is 3.92. The minimum atomic E-state index is -0.333. The summed E-state index contributed by atoms with van der Waals surface area (Å²) in [6.45, 7) is 6.96. The van der Waals surface area contributed by atoms with Gasteiger partial charge in [-0.3, -0.25) is 10.1 Å². The first-order valence-corrected chi connectivity index (χ1v) is 7.78. The molecule has 0 bridgehead atoms. The number of anilines is 1. The summed E-state index contributed by atoms with van der Waals surface area (Å²) in [5.74, 6) is 0.514. The van der Waals surface area contributed by atoms with Crippen LogP contribution >= 0.6 is 11.6 Å². The molecule has 116 valence electrons. The van der Waals surface area contributed by atoms with Crippen LogP contribution < -0.4 is 10.2 Å². The van der Waals surface area contributed by atoms with Gasteiger partial charge in [-0.1, -0.05) is 11.6 Å². The van der Waals surface area contributed by atoms with Crippen molar-refractivity contribution in [2.75, 3.05) is 24.5 Å². The Labute approximate surface area is 130 Å². The SMILES string of the molecule is CC(C)N(CC1CCCNC1)c1cc(Cl)ccc1[N+](=O)[O-]. The zero-order chi connectivity index (χ0) is 15.4. The number of nitrogens with zero attached hydrogens (tertiary/aromatic N) is 2. The van der Waals surface area contributed by atoms with E-state index in [4.69, 9.17) is 11.6 Å². The van der Waals surface area contributed by atoms with Gasteiger partial charge in [0.25, 0.3) is 5.69 Å². The molecule has 1 aromatic rings. The highest BCUT2D eigenvalue weighted by Gasteiger charge is 2.25. The van der Waals surface area contributed by atoms with Crippen LogP contribution in [0.2, 0.25) is 5.02 Å². The van der Waals surface area contributed by atoms with Gasteiger partial charge in [-0.2, -0.15) is 0 Å². The summed E-state index contributed by atoms with van der Waals surface area (Å²) < 4.78 is 0. The lowest BCUT2D eigenvalue weighted by Crippen LogP contribution is -2.41. The van der Waals surface area contributed by atoms with E-state index >= 15 is 0 Å². The summed E-state index contributed by atoms with van der Waals surface area (Å²) in [5, 5.41) is 15.2. The van der Waals surface area contributed by atoms with Crippen molar-refractivity contribution in [1.82, 2.24) is 5.32 Å². The number of hydrogen-bond donors (Lipinski definition) is 1. The van der Waals surface area contributed by atoms with E-state index in [1.54, 1.807) is 12.1 Å². The van der Waals surface area contributed by atoms with Crippen molar-refractivity contribution in [1.29, 1.82) is 0 Å². The standard InChI is InChI=1S/C15H22ClN3O2/c1-11(2)18(10-12-4-3-7-17-9-12)15-8-13(16)5-6-14(15)19(20)21/h5-6,8,11-12,17H,3-4,7,9-10H2,1-2H3. The zero-order valence-electron chi connectivity index (χ0n) is 12.5. The van der Waals surface area contributed by atoms with Crippen molar-refractivity contribution in [2.45, 2.75) is 32.7 Å². The van der Waals surface area contributed by atoms with E-state index < -0.39 is 0 Å². The molecule has 1 N–H and O–H groups in total. The lowest BCUT2D eigenvalue weighted by molar-refractivity contribution is -0.384. The number of nitro benzene ring substituents is 1. The van der Waals surface area contributed by atoms with Crippen molar-refractivity contribution in [3.05, 3.63) is 33.3 Å². The van der Waals surface area contributed by atoms with Gasteiger partial charge in [-0.25, -0.2) is 0 Å². The van der Waals surface area contributed by atoms with Gasteiger partial charge in [0.15, 0.2) is 0 Å². The molecule has 1 atom stereocenters. The van der Waals surface area contributed by atoms with Crippen LogP contribution in [0, 0.1) is 16.0 Å². The van der Waals surface area contributed by atoms with Crippen LogP contribution in [0.5, 0.6) is 0 Å². The van der Waals surface area contributed by atoms with Gasteiger partial charge in [0.2, 0.25) is 0 Å². The molecule has 21 heavy (non-hydrogen) atoms. The second-order valence-corrected chi connectivity index (χ2v) is 6.29. The number of halogens is 1. The van der Waals surface area contributed by atoms with Crippen LogP contribution in [0.4, 0.5) is 11.4 Å². The second kappa shape index (κ2) is 7.09. The van der Waals surface area contributed by atoms with Crippen molar-refractivity contribution >= 4 is 23.0 Å². The summed E-state index contributed by atoms with van der Waals surface area (Å²) in [6.07, 6.45) is 2.32. The van der Waals surface area contributed by atoms with E-state index in [-0.39, 0.29) is 16.7 Å². The second-order valence-electron chi connectivity index (χ2n) is 5.85. The Bertz CT molecular complexity index is 502. The normalized spacial score (nSPS) is 18.8. The molecule has 1 aliphatic rings. The van der Waals surface area contributed by atoms with Crippen LogP contribution in [-0.2, 0) is 0 Å². The van der Waals surface area contributed by atoms with Crippen LogP contribution in [0.25, 0.3) is 0 Å². The molecular formula is C15H22ClN3O2. The van der Waals surface area contributed by atoms with Crippen molar-refractivity contribution in [3.63, 3.8) is 0 Å². The van der Waals surface area contributed by atoms with Gasteiger partial charge >= 0.3 is 0 Å². The van der Waals surface area contributed by atoms with Crippen LogP contribution in [0.3, 0.4) is 0 Å². The van der Waals surface area contributed by atoms with Gasteiger partial charge in [-0.05, 0) is 57.8 Å². The summed E-state index contributed by atoms with van der Waals surface area (Å²) in [4.78, 5) is 13.0. The zero-order valence-corrected chi connectivity index (χ0v) is 13.3. The Morgan fingerprint density at radius 2 is 2.29 bits per heavy atom. The molecule has 0 amide bonds. The number of nitro groups is 1. The summed E-state index contributed by atoms with van der Waals surface area (Å²) in [7, 11) is 0. The minimum Gasteiger partial charge on any atom is -0.363 e. The average molecular weight is 312 g/mol. The Morgan fingerprint density at radius 1 is 1.52 bits per heavy atom. The van der Waals surface area contributed by atoms with Gasteiger partial charge in [0, 0.05) is 23.7 Å². The van der Waals surface area contributed by atoms with Gasteiger partial charge < -0.3 is 10.2 Å². The van der Waals surface area contributed by atoms with Gasteiger partial charge in [-0.15, -0.1) is 0 Å². The molecule has 0 aliphatic carbocycles. The maximum atomic E-state index is 11.3. The lowest BCUT2D eigenvalue weighted by Gasteiger charge is -2.34. The highest BCUT2D eigenvalue weighted by molar-refractivity contribution is 6.31. The Morgan fingerprint density at radius 3 is 2.86 bits per heavy atom. The molecule has 0 aromatic heterocycles. The topological polar surface area (TPSA) is 58.4 Å². The summed E-state index contributed by atoms with van der Waals surface area (Å²) in [5.41, 5.74) is 0.741. The van der Waals surface area contributed by atoms with E-state index in [9.17, 15) is 10.1 Å². The van der Waals surface area contributed by atoms with Gasteiger partial charge in [0.05, 0.1) is 4.92 Å². The molecule has 1 heterocycles. The molecule has 6 heteroatoms. The average Bonchev–Trinajstić information content (AvgIpc) is 2.45. The van der Waals surface area contributed by atoms with E-state index in [0.29, 0.717) is 16.6 Å². The van der Waals surface area contributed by atoms with E-state index in [1.807, 2.05) is 0 Å². The highest BCUT2D eigenvalue weighted by Crippen LogP contribution is 2.33. The Balaban J connectivity index is 2.28. The minimum absolute atomic E-state index is 0.122. The molecule has 1 fully saturated rings. The molecule has 5 nitrogen and oxygen atoms in total. The quantitative estimate of drug-likeness (QED) is 0.668. The van der Waals surface area contributed by atoms with Crippen molar-refractivity contribution in [3.8, 4) is 0 Å². The lowest BCUT2D eigenvalue weighted by atomic mass is 9.98. The van der Waals surface area contributed by atoms with E-state index in [0.717, 1.165) is 32.5 Å². The molecule has 0 spiro atoms. The molecule has 2 rings (SSSR count). The first-order valence-electron chi connectivity index (χ1n) is 7.40. The molecule has 1 saturated heterocycles. The van der Waals surface area contributed by atoms with E-state index in [2.05, 4.69) is 24.1 Å². The largest absolute Gasteiger partial charge is 0.363 e. The van der Waals surface area contributed by atoms with Gasteiger partial charge in [0.1, 0.15) is 5.69 Å². The van der Waals surface area contributed by atoms with E-state index in [1.165, 1.54) is 6.07 Å². The van der Waals surface area contributed by atoms with Crippen LogP contribution in [0.1, 0.15) is 26.7 Å². The predicted octanol–water partition coefficient (Wildman–Crippen LogP) is 3.46. The predicted molar refractivity (Wildman–Crippen MR) is 86.2 cm³/mol. The monoisotopic (exact) mass is 311 g/mol. The Kier molecular flexibility index (Phi) is 5.42. The first-order chi connectivity index (χ1) is 9.99. The van der Waals surface area contributed by atoms with Crippen molar-refractivity contribution < 1.29 is 4.92 Å². The number of piperidine rings is 1. The molecule has 1 unspecified atom stereocenters. The first kappa shape index (κ1) is 16.0. The van der Waals surface area contributed by atoms with Crippen LogP contribution in [-0.4, -0.2) is 30.6 Å². The molecule has 1 aromatic carbocycles. The molecular weight excluding hydrogens is 290 g/mol. The number of hydrogen-bond acceptors (Lipinski definition) is 4. The molecule has 1 aliphatic heterocycles. The number of benzene rings is 1. The maximum absolute atomic E-state index is 11.3.